The molecule has 0 fully saturated rings. The monoisotopic (exact) mass is 267 g/mol. The molecule has 102 valence electrons. The van der Waals surface area contributed by atoms with Crippen molar-refractivity contribution >= 4 is 16.7 Å². The first-order valence-corrected chi connectivity index (χ1v) is 6.66. The topological polar surface area (TPSA) is 50.1 Å². The lowest BCUT2D eigenvalue weighted by Gasteiger charge is -2.06. The summed E-state index contributed by atoms with van der Waals surface area (Å²) in [5.41, 5.74) is 4.22. The molecule has 1 heterocycles. The van der Waals surface area contributed by atoms with Gasteiger partial charge in [-0.05, 0) is 36.4 Å². The van der Waals surface area contributed by atoms with Crippen molar-refractivity contribution in [3.63, 3.8) is 0 Å². The fourth-order valence-electron chi connectivity index (χ4n) is 2.34. The molecule has 3 aromatic rings. The highest BCUT2D eigenvalue weighted by atomic mass is 16.3. The van der Waals surface area contributed by atoms with Gasteiger partial charge in [0.25, 0.3) is 0 Å². The van der Waals surface area contributed by atoms with Crippen LogP contribution in [-0.2, 0) is 7.05 Å². The van der Waals surface area contributed by atoms with Gasteiger partial charge < -0.3 is 15.0 Å². The Bertz CT molecular complexity index is 716. The minimum Gasteiger partial charge on any atom is -0.395 e. The second-order valence-corrected chi connectivity index (χ2v) is 4.71. The minimum atomic E-state index is 0.131. The minimum absolute atomic E-state index is 0.131. The summed E-state index contributed by atoms with van der Waals surface area (Å²) in [6.07, 6.45) is 0. The van der Waals surface area contributed by atoms with E-state index in [0.29, 0.717) is 6.54 Å². The summed E-state index contributed by atoms with van der Waals surface area (Å²) in [4.78, 5) is 4.68. The van der Waals surface area contributed by atoms with Crippen LogP contribution in [0.1, 0.15) is 0 Å². The number of imidazole rings is 1. The van der Waals surface area contributed by atoms with Crippen LogP contribution in [0.3, 0.4) is 0 Å². The van der Waals surface area contributed by atoms with Crippen LogP contribution < -0.4 is 5.32 Å². The molecule has 0 saturated carbocycles. The van der Waals surface area contributed by atoms with E-state index >= 15 is 0 Å². The number of para-hydroxylation sites is 2. The van der Waals surface area contributed by atoms with Crippen molar-refractivity contribution in [1.82, 2.24) is 9.55 Å². The Morgan fingerprint density at radius 1 is 1.10 bits per heavy atom. The molecule has 3 rings (SSSR count). The van der Waals surface area contributed by atoms with Gasteiger partial charge in [0.1, 0.15) is 5.82 Å². The summed E-state index contributed by atoms with van der Waals surface area (Å²) >= 11 is 0. The highest BCUT2D eigenvalue weighted by molar-refractivity contribution is 5.80. The highest BCUT2D eigenvalue weighted by Crippen LogP contribution is 2.24. The first-order chi connectivity index (χ1) is 9.79. The number of rotatable bonds is 4. The van der Waals surface area contributed by atoms with Gasteiger partial charge in [-0.25, -0.2) is 4.98 Å². The van der Waals surface area contributed by atoms with Crippen molar-refractivity contribution < 1.29 is 5.11 Å². The lowest BCUT2D eigenvalue weighted by molar-refractivity contribution is 0.311. The Hall–Kier alpha value is -2.33. The van der Waals surface area contributed by atoms with E-state index in [1.54, 1.807) is 0 Å². The number of aromatic nitrogens is 2. The summed E-state index contributed by atoms with van der Waals surface area (Å²) < 4.78 is 2.10. The summed E-state index contributed by atoms with van der Waals surface area (Å²) in [6, 6.07) is 16.2. The van der Waals surface area contributed by atoms with Crippen LogP contribution in [0.15, 0.2) is 48.5 Å². The molecular weight excluding hydrogens is 250 g/mol. The third kappa shape index (κ3) is 2.26. The number of aliphatic hydroxyl groups is 1. The van der Waals surface area contributed by atoms with E-state index in [2.05, 4.69) is 20.9 Å². The van der Waals surface area contributed by atoms with Crippen LogP contribution in [0.4, 0.5) is 5.69 Å². The number of aliphatic hydroxyl groups excluding tert-OH is 1. The van der Waals surface area contributed by atoms with Gasteiger partial charge in [0, 0.05) is 24.8 Å². The molecule has 1 aromatic heterocycles. The number of hydrogen-bond acceptors (Lipinski definition) is 3. The lowest BCUT2D eigenvalue weighted by atomic mass is 10.2. The zero-order chi connectivity index (χ0) is 13.9. The van der Waals surface area contributed by atoms with E-state index in [-0.39, 0.29) is 6.61 Å². The van der Waals surface area contributed by atoms with Gasteiger partial charge >= 0.3 is 0 Å². The van der Waals surface area contributed by atoms with Crippen LogP contribution in [0.25, 0.3) is 22.4 Å². The Balaban J connectivity index is 1.96. The fraction of sp³-hybridized carbons (Fsp3) is 0.188. The van der Waals surface area contributed by atoms with Crippen molar-refractivity contribution in [1.29, 1.82) is 0 Å². The second-order valence-electron chi connectivity index (χ2n) is 4.71. The average molecular weight is 267 g/mol. The third-order valence-electron chi connectivity index (χ3n) is 3.37. The average Bonchev–Trinajstić information content (AvgIpc) is 2.83. The van der Waals surface area contributed by atoms with Gasteiger partial charge in [0.05, 0.1) is 17.6 Å². The van der Waals surface area contributed by atoms with Crippen LogP contribution >= 0.6 is 0 Å². The molecule has 2 aromatic carbocycles. The van der Waals surface area contributed by atoms with Crippen molar-refractivity contribution in [2.24, 2.45) is 7.05 Å². The van der Waals surface area contributed by atoms with Crippen molar-refractivity contribution in [2.45, 2.75) is 0 Å². The van der Waals surface area contributed by atoms with Crippen molar-refractivity contribution in [3.05, 3.63) is 48.5 Å². The number of anilines is 1. The molecule has 0 radical (unpaired) electrons. The Kier molecular flexibility index (Phi) is 3.39. The van der Waals surface area contributed by atoms with Crippen LogP contribution in [0.2, 0.25) is 0 Å². The molecule has 0 spiro atoms. The van der Waals surface area contributed by atoms with Gasteiger partial charge in [-0.1, -0.05) is 12.1 Å². The number of nitrogens with zero attached hydrogens (tertiary/aromatic N) is 2. The highest BCUT2D eigenvalue weighted by Gasteiger charge is 2.08. The van der Waals surface area contributed by atoms with E-state index in [4.69, 9.17) is 5.11 Å². The van der Waals surface area contributed by atoms with Crippen LogP contribution in [-0.4, -0.2) is 27.8 Å². The van der Waals surface area contributed by atoms with E-state index in [0.717, 1.165) is 28.1 Å². The molecule has 20 heavy (non-hydrogen) atoms. The van der Waals surface area contributed by atoms with Crippen molar-refractivity contribution in [2.75, 3.05) is 18.5 Å². The molecule has 0 aliphatic rings. The maximum Gasteiger partial charge on any atom is 0.140 e. The summed E-state index contributed by atoms with van der Waals surface area (Å²) in [5.74, 6) is 0.958. The quantitative estimate of drug-likeness (QED) is 0.764. The van der Waals surface area contributed by atoms with Crippen LogP contribution in [0.5, 0.6) is 0 Å². The Morgan fingerprint density at radius 3 is 2.55 bits per heavy atom. The lowest BCUT2D eigenvalue weighted by Crippen LogP contribution is -2.05. The molecular formula is C16H17N3O. The second kappa shape index (κ2) is 5.35. The number of benzene rings is 2. The maximum atomic E-state index is 8.80. The number of nitrogens with one attached hydrogen (secondary N) is 1. The first kappa shape index (κ1) is 12.7. The molecule has 0 aliphatic heterocycles. The first-order valence-electron chi connectivity index (χ1n) is 6.66. The summed E-state index contributed by atoms with van der Waals surface area (Å²) in [5, 5.41) is 11.9. The molecule has 0 amide bonds. The molecule has 4 heteroatoms. The number of hydrogen-bond donors (Lipinski definition) is 2. The summed E-state index contributed by atoms with van der Waals surface area (Å²) in [7, 11) is 2.03. The Labute approximate surface area is 117 Å². The third-order valence-corrected chi connectivity index (χ3v) is 3.37. The molecule has 2 N–H and O–H groups in total. The van der Waals surface area contributed by atoms with E-state index in [1.165, 1.54) is 0 Å². The van der Waals surface area contributed by atoms with Gasteiger partial charge in [-0.2, -0.15) is 0 Å². The predicted octanol–water partition coefficient (Wildman–Crippen LogP) is 2.64. The zero-order valence-electron chi connectivity index (χ0n) is 11.4. The van der Waals surface area contributed by atoms with Gasteiger partial charge in [-0.3, -0.25) is 0 Å². The van der Waals surface area contributed by atoms with E-state index in [9.17, 15) is 0 Å². The van der Waals surface area contributed by atoms with Crippen molar-refractivity contribution in [3.8, 4) is 11.4 Å². The number of fused-ring (bicyclic) bond motifs is 1. The van der Waals surface area contributed by atoms with Gasteiger partial charge in [0.15, 0.2) is 0 Å². The normalized spacial score (nSPS) is 10.9. The molecule has 0 aliphatic carbocycles. The van der Waals surface area contributed by atoms with Gasteiger partial charge in [0.2, 0.25) is 0 Å². The Morgan fingerprint density at radius 2 is 1.85 bits per heavy atom. The molecule has 0 atom stereocenters. The van der Waals surface area contributed by atoms with E-state index in [1.807, 2.05) is 49.5 Å². The number of aryl methyl sites for hydroxylation is 1. The smallest absolute Gasteiger partial charge is 0.140 e. The zero-order valence-corrected chi connectivity index (χ0v) is 11.4. The largest absolute Gasteiger partial charge is 0.395 e. The molecule has 4 nitrogen and oxygen atoms in total. The molecule has 0 bridgehead atoms. The SMILES string of the molecule is Cn1c(-c2ccc(NCCO)cc2)nc2ccccc21. The molecule has 0 saturated heterocycles. The fourth-order valence-corrected chi connectivity index (χ4v) is 2.34. The standard InChI is InChI=1S/C16H17N3O/c1-19-15-5-3-2-4-14(15)18-16(19)12-6-8-13(9-7-12)17-10-11-20/h2-9,17,20H,10-11H2,1H3. The maximum absolute atomic E-state index is 8.80. The summed E-state index contributed by atoms with van der Waals surface area (Å²) in [6.45, 7) is 0.693. The van der Waals surface area contributed by atoms with E-state index < -0.39 is 0 Å². The molecule has 0 unspecified atom stereocenters. The van der Waals surface area contributed by atoms with Gasteiger partial charge in [-0.15, -0.1) is 0 Å². The predicted molar refractivity (Wildman–Crippen MR) is 81.7 cm³/mol. The van der Waals surface area contributed by atoms with Crippen LogP contribution in [0, 0.1) is 0 Å².